The van der Waals surface area contributed by atoms with Crippen LogP contribution in [0.25, 0.3) is 0 Å². The molecule has 2 saturated heterocycles. The average Bonchev–Trinajstić information content (AvgIpc) is 2.66. The van der Waals surface area contributed by atoms with E-state index in [2.05, 4.69) is 17.1 Å². The van der Waals surface area contributed by atoms with E-state index in [9.17, 15) is 0 Å². The molecule has 0 radical (unpaired) electrons. The standard InChI is InChI=1S/C12H24N2/c1-2-3-8-14-9-5-12(6-10-14)4-7-13-11-12/h13H,2-11H2,1H3. The van der Waals surface area contributed by atoms with Gasteiger partial charge in [0.2, 0.25) is 0 Å². The summed E-state index contributed by atoms with van der Waals surface area (Å²) in [6.07, 6.45) is 7.01. The number of rotatable bonds is 3. The molecule has 2 rings (SSSR count). The number of unbranched alkanes of at least 4 members (excludes halogenated alkanes) is 1. The summed E-state index contributed by atoms with van der Waals surface area (Å²) in [5.41, 5.74) is 0.697. The minimum absolute atomic E-state index is 0.697. The molecule has 0 bridgehead atoms. The SMILES string of the molecule is CCCCN1CCC2(CCNC2)CC1. The summed E-state index contributed by atoms with van der Waals surface area (Å²) in [4.78, 5) is 2.66. The van der Waals surface area contributed by atoms with Crippen LogP contribution in [-0.4, -0.2) is 37.6 Å². The first-order valence-electron chi connectivity index (χ1n) is 6.28. The predicted molar refractivity (Wildman–Crippen MR) is 60.5 cm³/mol. The van der Waals surface area contributed by atoms with Crippen molar-refractivity contribution in [3.8, 4) is 0 Å². The lowest BCUT2D eigenvalue weighted by Crippen LogP contribution is -2.41. The second kappa shape index (κ2) is 4.63. The van der Waals surface area contributed by atoms with Gasteiger partial charge in [0.05, 0.1) is 0 Å². The highest BCUT2D eigenvalue weighted by Gasteiger charge is 2.36. The zero-order chi connectivity index (χ0) is 9.86. The fourth-order valence-electron chi connectivity index (χ4n) is 2.85. The summed E-state index contributed by atoms with van der Waals surface area (Å²) in [5.74, 6) is 0. The van der Waals surface area contributed by atoms with Crippen molar-refractivity contribution in [3.05, 3.63) is 0 Å². The van der Waals surface area contributed by atoms with E-state index in [-0.39, 0.29) is 0 Å². The highest BCUT2D eigenvalue weighted by Crippen LogP contribution is 2.36. The largest absolute Gasteiger partial charge is 0.316 e. The number of piperidine rings is 1. The van der Waals surface area contributed by atoms with Crippen molar-refractivity contribution in [1.29, 1.82) is 0 Å². The van der Waals surface area contributed by atoms with E-state index in [4.69, 9.17) is 0 Å². The first kappa shape index (κ1) is 10.4. The van der Waals surface area contributed by atoms with Crippen LogP contribution in [0, 0.1) is 5.41 Å². The van der Waals surface area contributed by atoms with Crippen LogP contribution in [0.15, 0.2) is 0 Å². The zero-order valence-corrected chi connectivity index (χ0v) is 9.52. The number of likely N-dealkylation sites (tertiary alicyclic amines) is 1. The van der Waals surface area contributed by atoms with Crippen LogP contribution in [-0.2, 0) is 0 Å². The first-order chi connectivity index (χ1) is 6.85. The van der Waals surface area contributed by atoms with Gasteiger partial charge in [-0.3, -0.25) is 0 Å². The second-order valence-corrected chi connectivity index (χ2v) is 5.12. The summed E-state index contributed by atoms with van der Waals surface area (Å²) in [7, 11) is 0. The zero-order valence-electron chi connectivity index (χ0n) is 9.52. The Hall–Kier alpha value is -0.0800. The lowest BCUT2D eigenvalue weighted by molar-refractivity contribution is 0.118. The van der Waals surface area contributed by atoms with E-state index < -0.39 is 0 Å². The monoisotopic (exact) mass is 196 g/mol. The minimum atomic E-state index is 0.697. The molecule has 0 atom stereocenters. The van der Waals surface area contributed by atoms with Crippen LogP contribution in [0.5, 0.6) is 0 Å². The van der Waals surface area contributed by atoms with Crippen LogP contribution in [0.1, 0.15) is 39.0 Å². The van der Waals surface area contributed by atoms with E-state index in [0.717, 1.165) is 0 Å². The van der Waals surface area contributed by atoms with Crippen molar-refractivity contribution >= 4 is 0 Å². The molecule has 0 aromatic heterocycles. The van der Waals surface area contributed by atoms with Crippen LogP contribution < -0.4 is 5.32 Å². The molecule has 0 aromatic rings. The maximum Gasteiger partial charge on any atom is 0.000924 e. The summed E-state index contributed by atoms with van der Waals surface area (Å²) in [6.45, 7) is 8.86. The van der Waals surface area contributed by atoms with Gasteiger partial charge >= 0.3 is 0 Å². The summed E-state index contributed by atoms with van der Waals surface area (Å²) in [6, 6.07) is 0. The van der Waals surface area contributed by atoms with Gasteiger partial charge in [-0.1, -0.05) is 13.3 Å². The molecular weight excluding hydrogens is 172 g/mol. The normalized spacial score (nSPS) is 27.2. The highest BCUT2D eigenvalue weighted by atomic mass is 15.1. The molecule has 1 N–H and O–H groups in total. The molecule has 0 saturated carbocycles. The third-order valence-corrected chi connectivity index (χ3v) is 4.08. The van der Waals surface area contributed by atoms with Gasteiger partial charge in [0.15, 0.2) is 0 Å². The molecule has 2 aliphatic rings. The molecule has 2 heterocycles. The van der Waals surface area contributed by atoms with E-state index in [0.29, 0.717) is 5.41 Å². The van der Waals surface area contributed by atoms with Gasteiger partial charge in [-0.25, -0.2) is 0 Å². The average molecular weight is 196 g/mol. The smallest absolute Gasteiger partial charge is 0.000924 e. The van der Waals surface area contributed by atoms with Crippen molar-refractivity contribution in [2.45, 2.75) is 39.0 Å². The molecule has 2 heteroatoms. The number of nitrogens with one attached hydrogen (secondary N) is 1. The summed E-state index contributed by atoms with van der Waals surface area (Å²) in [5, 5.41) is 3.52. The molecule has 0 unspecified atom stereocenters. The molecule has 14 heavy (non-hydrogen) atoms. The van der Waals surface area contributed by atoms with Gasteiger partial charge in [-0.05, 0) is 57.3 Å². The van der Waals surface area contributed by atoms with Gasteiger partial charge < -0.3 is 10.2 Å². The fourth-order valence-corrected chi connectivity index (χ4v) is 2.85. The quantitative estimate of drug-likeness (QED) is 0.741. The summed E-state index contributed by atoms with van der Waals surface area (Å²) < 4.78 is 0. The second-order valence-electron chi connectivity index (χ2n) is 5.12. The first-order valence-corrected chi connectivity index (χ1v) is 6.28. The maximum atomic E-state index is 3.52. The van der Waals surface area contributed by atoms with E-state index in [1.807, 2.05) is 0 Å². The maximum absolute atomic E-state index is 3.52. The molecule has 0 aromatic carbocycles. The molecule has 2 aliphatic heterocycles. The Kier molecular flexibility index (Phi) is 3.45. The van der Waals surface area contributed by atoms with Crippen molar-refractivity contribution in [2.24, 2.45) is 5.41 Å². The lowest BCUT2D eigenvalue weighted by atomic mass is 9.78. The Morgan fingerprint density at radius 2 is 2.00 bits per heavy atom. The van der Waals surface area contributed by atoms with Crippen molar-refractivity contribution in [3.63, 3.8) is 0 Å². The molecule has 2 nitrogen and oxygen atoms in total. The Labute approximate surface area is 88.1 Å². The Morgan fingerprint density at radius 1 is 1.21 bits per heavy atom. The van der Waals surface area contributed by atoms with E-state index in [1.165, 1.54) is 64.8 Å². The van der Waals surface area contributed by atoms with Crippen LogP contribution in [0.2, 0.25) is 0 Å². The molecular formula is C12H24N2. The van der Waals surface area contributed by atoms with Crippen LogP contribution >= 0.6 is 0 Å². The third kappa shape index (κ3) is 2.29. The fraction of sp³-hybridized carbons (Fsp3) is 1.00. The van der Waals surface area contributed by atoms with E-state index >= 15 is 0 Å². The van der Waals surface area contributed by atoms with Gasteiger partial charge in [0.1, 0.15) is 0 Å². The molecule has 0 amide bonds. The van der Waals surface area contributed by atoms with Gasteiger partial charge in [-0.15, -0.1) is 0 Å². The van der Waals surface area contributed by atoms with Crippen LogP contribution in [0.4, 0.5) is 0 Å². The van der Waals surface area contributed by atoms with Crippen LogP contribution in [0.3, 0.4) is 0 Å². The number of hydrogen-bond acceptors (Lipinski definition) is 2. The molecule has 82 valence electrons. The Morgan fingerprint density at radius 3 is 2.57 bits per heavy atom. The topological polar surface area (TPSA) is 15.3 Å². The van der Waals surface area contributed by atoms with Crippen molar-refractivity contribution < 1.29 is 0 Å². The summed E-state index contributed by atoms with van der Waals surface area (Å²) >= 11 is 0. The highest BCUT2D eigenvalue weighted by molar-refractivity contribution is 4.92. The third-order valence-electron chi connectivity index (χ3n) is 4.08. The number of hydrogen-bond donors (Lipinski definition) is 1. The van der Waals surface area contributed by atoms with Gasteiger partial charge in [0, 0.05) is 6.54 Å². The van der Waals surface area contributed by atoms with Gasteiger partial charge in [-0.2, -0.15) is 0 Å². The van der Waals surface area contributed by atoms with Crippen molar-refractivity contribution in [2.75, 3.05) is 32.7 Å². The predicted octanol–water partition coefficient (Wildman–Crippen LogP) is 1.86. The van der Waals surface area contributed by atoms with Crippen molar-refractivity contribution in [1.82, 2.24) is 10.2 Å². The van der Waals surface area contributed by atoms with Gasteiger partial charge in [0.25, 0.3) is 0 Å². The number of nitrogens with zero attached hydrogens (tertiary/aromatic N) is 1. The van der Waals surface area contributed by atoms with E-state index in [1.54, 1.807) is 0 Å². The minimum Gasteiger partial charge on any atom is -0.316 e. The Balaban J connectivity index is 1.74. The lowest BCUT2D eigenvalue weighted by Gasteiger charge is -2.38. The molecule has 1 spiro atoms. The molecule has 2 fully saturated rings. The Bertz CT molecular complexity index is 163. The molecule has 0 aliphatic carbocycles.